The molecule has 9 nitrogen and oxygen atoms in total. The van der Waals surface area contributed by atoms with Gasteiger partial charge >= 0.3 is 12.1 Å². The second kappa shape index (κ2) is 5.61. The molecule has 0 aliphatic carbocycles. The van der Waals surface area contributed by atoms with Crippen LogP contribution >= 0.6 is 0 Å². The second-order valence-corrected chi connectivity index (χ2v) is 5.84. The van der Waals surface area contributed by atoms with Crippen LogP contribution in [0.1, 0.15) is 0 Å². The van der Waals surface area contributed by atoms with E-state index >= 15 is 0 Å². The van der Waals surface area contributed by atoms with E-state index in [4.69, 9.17) is 4.74 Å². The van der Waals surface area contributed by atoms with Gasteiger partial charge in [0.1, 0.15) is 18.3 Å². The highest BCUT2D eigenvalue weighted by molar-refractivity contribution is 5.96. The molecule has 4 atom stereocenters. The van der Waals surface area contributed by atoms with E-state index in [0.29, 0.717) is 4.90 Å². The number of carbonyl (C=O) groups excluding carboxylic acids is 2. The quantitative estimate of drug-likeness (QED) is 0.470. The molecule has 3 heterocycles. The first kappa shape index (κ1) is 17.5. The van der Waals surface area contributed by atoms with E-state index < -0.39 is 54.8 Å². The number of fused-ring (bicyclic) bond motifs is 4. The third-order valence-electron chi connectivity index (χ3n) is 4.10. The van der Waals surface area contributed by atoms with Crippen LogP contribution in [0.3, 0.4) is 0 Å². The van der Waals surface area contributed by atoms with E-state index in [1.807, 2.05) is 0 Å². The molecule has 0 spiro atoms. The van der Waals surface area contributed by atoms with Crippen molar-refractivity contribution in [2.45, 2.75) is 30.7 Å². The van der Waals surface area contributed by atoms with Crippen molar-refractivity contribution in [3.63, 3.8) is 0 Å². The summed E-state index contributed by atoms with van der Waals surface area (Å²) in [6.45, 7) is -0.663. The molecule has 0 saturated carbocycles. The van der Waals surface area contributed by atoms with E-state index in [0.717, 1.165) is 18.1 Å². The molecular weight excluding hydrogens is 351 g/mol. The number of carbonyl (C=O) groups is 2. The fraction of sp³-hybridized carbons (Fsp3) is 0.538. The van der Waals surface area contributed by atoms with Gasteiger partial charge in [-0.15, -0.1) is 0 Å². The number of alkyl halides is 3. The van der Waals surface area contributed by atoms with Crippen LogP contribution in [0.2, 0.25) is 0 Å². The van der Waals surface area contributed by atoms with E-state index in [9.17, 15) is 38.1 Å². The topological polar surface area (TPSA) is 123 Å². The number of rotatable bonds is 2. The van der Waals surface area contributed by atoms with Crippen molar-refractivity contribution in [1.82, 2.24) is 15.1 Å². The largest absolute Gasteiger partial charge is 0.506 e. The first-order chi connectivity index (χ1) is 11.5. The number of halogens is 3. The van der Waals surface area contributed by atoms with Gasteiger partial charge in [0.15, 0.2) is 17.8 Å². The highest BCUT2D eigenvalue weighted by atomic mass is 19.4. The Morgan fingerprint density at radius 1 is 1.40 bits per heavy atom. The summed E-state index contributed by atoms with van der Waals surface area (Å²) in [6, 6.07) is 0. The van der Waals surface area contributed by atoms with E-state index in [1.165, 1.54) is 0 Å². The van der Waals surface area contributed by atoms with E-state index in [-0.39, 0.29) is 11.4 Å². The lowest BCUT2D eigenvalue weighted by molar-refractivity contribution is -0.183. The van der Waals surface area contributed by atoms with Gasteiger partial charge in [-0.25, -0.2) is 0 Å². The Balaban J connectivity index is 1.88. The molecule has 1 unspecified atom stereocenters. The van der Waals surface area contributed by atoms with Gasteiger partial charge in [-0.1, -0.05) is 0 Å². The highest BCUT2D eigenvalue weighted by Crippen LogP contribution is 2.37. The summed E-state index contributed by atoms with van der Waals surface area (Å²) in [5, 5.41) is 32.1. The summed E-state index contributed by atoms with van der Waals surface area (Å²) >= 11 is 0. The predicted molar refractivity (Wildman–Crippen MR) is 72.1 cm³/mol. The molecule has 0 aromatic rings. The summed E-state index contributed by atoms with van der Waals surface area (Å²) in [5.41, 5.74) is -0.229. The smallest absolute Gasteiger partial charge is 0.471 e. The van der Waals surface area contributed by atoms with Crippen molar-refractivity contribution in [2.75, 3.05) is 13.6 Å². The molecular formula is C13H14F3N3O6. The minimum Gasteiger partial charge on any atom is -0.506 e. The fourth-order valence-corrected chi connectivity index (χ4v) is 2.85. The first-order valence-electron chi connectivity index (χ1n) is 7.09. The maximum absolute atomic E-state index is 12.4. The lowest BCUT2D eigenvalue weighted by Crippen LogP contribution is -2.51. The second-order valence-electron chi connectivity index (χ2n) is 5.84. The molecule has 0 aromatic heterocycles. The van der Waals surface area contributed by atoms with Crippen molar-refractivity contribution in [3.8, 4) is 0 Å². The summed E-state index contributed by atoms with van der Waals surface area (Å²) in [6.07, 6.45) is -9.26. The third-order valence-corrected chi connectivity index (χ3v) is 4.10. The number of hydrogen-bond acceptors (Lipinski definition) is 7. The Labute approximate surface area is 138 Å². The van der Waals surface area contributed by atoms with Crippen LogP contribution in [0.15, 0.2) is 23.4 Å². The zero-order valence-electron chi connectivity index (χ0n) is 12.7. The molecule has 2 amide bonds. The summed E-state index contributed by atoms with van der Waals surface area (Å²) in [5.74, 6) is -3.62. The molecule has 4 N–H and O–H groups in total. The van der Waals surface area contributed by atoms with Crippen LogP contribution in [0, 0.1) is 0 Å². The van der Waals surface area contributed by atoms with Gasteiger partial charge in [-0.05, 0) is 0 Å². The minimum absolute atomic E-state index is 0.143. The van der Waals surface area contributed by atoms with Crippen LogP contribution < -0.4 is 5.32 Å². The molecule has 0 aromatic carbocycles. The van der Waals surface area contributed by atoms with Crippen molar-refractivity contribution in [1.29, 1.82) is 0 Å². The molecule has 3 aliphatic heterocycles. The van der Waals surface area contributed by atoms with E-state index in [1.54, 1.807) is 0 Å². The van der Waals surface area contributed by atoms with Crippen LogP contribution in [0.25, 0.3) is 0 Å². The molecule has 3 rings (SSSR count). The molecule has 1 fully saturated rings. The number of aliphatic hydroxyl groups is 3. The maximum atomic E-state index is 12.4. The molecule has 0 radical (unpaired) electrons. The lowest BCUT2D eigenvalue weighted by Gasteiger charge is -2.38. The van der Waals surface area contributed by atoms with Gasteiger partial charge in [-0.3, -0.25) is 9.59 Å². The Hall–Kier alpha value is -2.31. The lowest BCUT2D eigenvalue weighted by atomic mass is 10.1. The minimum atomic E-state index is -5.09. The first-order valence-corrected chi connectivity index (χ1v) is 7.09. The SMILES string of the molecule is CN(CC1=CN2C(=C(O)[C@H]3O[C@@H]2C(O)[C@H]3O)NC1=O)C(=O)C(F)(F)F. The number of nitrogens with one attached hydrogen (secondary N) is 1. The molecule has 138 valence electrons. The Kier molecular flexibility index (Phi) is 3.93. The molecule has 25 heavy (non-hydrogen) atoms. The standard InChI is InChI=1S/C13H14F3N3O6/c1-18(12(24)13(14,15)16)2-4-3-19-9(17-10(4)23)7(22)8-5(20)6(21)11(19)25-8/h3,5-6,8,11,20-22H,2H2,1H3,(H,17,23)/t5-,6?,8+,11-/m1/s1. The van der Waals surface area contributed by atoms with Gasteiger partial charge in [0.25, 0.3) is 5.91 Å². The van der Waals surface area contributed by atoms with Crippen molar-refractivity contribution in [2.24, 2.45) is 0 Å². The van der Waals surface area contributed by atoms with Gasteiger partial charge in [0, 0.05) is 13.2 Å². The number of likely N-dealkylation sites (N-methyl/N-ethyl adjacent to an activating group) is 1. The number of amides is 2. The van der Waals surface area contributed by atoms with Crippen LogP contribution in [0.5, 0.6) is 0 Å². The average Bonchev–Trinajstić information content (AvgIpc) is 2.79. The highest BCUT2D eigenvalue weighted by Gasteiger charge is 2.54. The molecule has 12 heteroatoms. The summed E-state index contributed by atoms with van der Waals surface area (Å²) in [4.78, 5) is 24.7. The number of aliphatic hydroxyl groups excluding tert-OH is 3. The van der Waals surface area contributed by atoms with Crippen LogP contribution in [0.4, 0.5) is 13.2 Å². The van der Waals surface area contributed by atoms with Gasteiger partial charge in [0.2, 0.25) is 0 Å². The third kappa shape index (κ3) is 2.71. The average molecular weight is 365 g/mol. The fourth-order valence-electron chi connectivity index (χ4n) is 2.85. The predicted octanol–water partition coefficient (Wildman–Crippen LogP) is -1.49. The van der Waals surface area contributed by atoms with Crippen LogP contribution in [-0.2, 0) is 14.3 Å². The zero-order valence-corrected chi connectivity index (χ0v) is 12.7. The van der Waals surface area contributed by atoms with Gasteiger partial charge in [0.05, 0.1) is 12.1 Å². The Bertz CT molecular complexity index is 691. The maximum Gasteiger partial charge on any atom is 0.471 e. The molecule has 1 saturated heterocycles. The zero-order chi connectivity index (χ0) is 18.7. The normalized spacial score (nSPS) is 31.5. The summed E-state index contributed by atoms with van der Waals surface area (Å²) < 4.78 is 42.6. The van der Waals surface area contributed by atoms with Gasteiger partial charge < -0.3 is 35.2 Å². The Morgan fingerprint density at radius 3 is 2.64 bits per heavy atom. The van der Waals surface area contributed by atoms with Crippen LogP contribution in [-0.4, -0.2) is 81.2 Å². The number of ether oxygens (including phenoxy) is 1. The monoisotopic (exact) mass is 365 g/mol. The number of nitrogens with zero attached hydrogens (tertiary/aromatic N) is 2. The van der Waals surface area contributed by atoms with Gasteiger partial charge in [-0.2, -0.15) is 13.2 Å². The number of hydrogen-bond donors (Lipinski definition) is 4. The van der Waals surface area contributed by atoms with Crippen molar-refractivity contribution in [3.05, 3.63) is 23.4 Å². The Morgan fingerprint density at radius 2 is 2.04 bits per heavy atom. The molecule has 2 bridgehead atoms. The van der Waals surface area contributed by atoms with Crippen molar-refractivity contribution < 1.29 is 42.8 Å². The van der Waals surface area contributed by atoms with E-state index in [2.05, 4.69) is 5.32 Å². The van der Waals surface area contributed by atoms with Crippen molar-refractivity contribution >= 4 is 11.8 Å². The summed E-state index contributed by atoms with van der Waals surface area (Å²) in [7, 11) is 0.879. The molecule has 3 aliphatic rings.